The average molecular weight is 424 g/mol. The van der Waals surface area contributed by atoms with Gasteiger partial charge in [-0.2, -0.15) is 13.2 Å². The van der Waals surface area contributed by atoms with Crippen LogP contribution >= 0.6 is 0 Å². The molecule has 1 amide bonds. The Balaban J connectivity index is 1.35. The minimum atomic E-state index is -4.43. The Hall–Kier alpha value is -2.31. The van der Waals surface area contributed by atoms with E-state index in [4.69, 9.17) is 4.74 Å². The molecule has 9 heteroatoms. The van der Waals surface area contributed by atoms with E-state index >= 15 is 0 Å². The lowest BCUT2D eigenvalue weighted by molar-refractivity contribution is -0.141. The fourth-order valence-corrected chi connectivity index (χ4v) is 3.61. The number of pyridine rings is 1. The smallest absolute Gasteiger partial charge is 0.365 e. The second-order valence-electron chi connectivity index (χ2n) is 7.51. The summed E-state index contributed by atoms with van der Waals surface area (Å²) in [5.41, 5.74) is -0.864. The van der Waals surface area contributed by atoms with Crippen LogP contribution in [0.1, 0.15) is 25.5 Å². The summed E-state index contributed by atoms with van der Waals surface area (Å²) in [6.07, 6.45) is -2.92. The summed E-state index contributed by atoms with van der Waals surface area (Å²) in [7, 11) is 0. The van der Waals surface area contributed by atoms with E-state index in [-0.39, 0.29) is 12.0 Å². The molecule has 2 saturated heterocycles. The number of carbonyl (C=O) groups is 1. The van der Waals surface area contributed by atoms with Gasteiger partial charge >= 0.3 is 6.18 Å². The molecule has 164 valence electrons. The Kier molecular flexibility index (Phi) is 7.56. The Morgan fingerprint density at radius 3 is 2.47 bits per heavy atom. The van der Waals surface area contributed by atoms with E-state index in [9.17, 15) is 18.0 Å². The van der Waals surface area contributed by atoms with Gasteiger partial charge in [0.25, 0.3) is 0 Å². The van der Waals surface area contributed by atoms with Crippen LogP contribution in [0.3, 0.4) is 0 Å². The highest BCUT2D eigenvalue weighted by Gasteiger charge is 2.33. The van der Waals surface area contributed by atoms with E-state index in [2.05, 4.69) is 21.7 Å². The molecule has 3 heterocycles. The van der Waals surface area contributed by atoms with Gasteiger partial charge in [0.15, 0.2) is 0 Å². The first-order valence-corrected chi connectivity index (χ1v) is 10.2. The van der Waals surface area contributed by atoms with Crippen molar-refractivity contribution in [3.05, 3.63) is 23.9 Å². The van der Waals surface area contributed by atoms with Crippen molar-refractivity contribution in [2.45, 2.75) is 32.0 Å². The third-order valence-corrected chi connectivity index (χ3v) is 5.43. The number of piperazine rings is 1. The molecular weight excluding hydrogens is 397 g/mol. The largest absolute Gasteiger partial charge is 0.433 e. The summed E-state index contributed by atoms with van der Waals surface area (Å²) >= 11 is 0. The molecule has 0 bridgehead atoms. The molecule has 0 aromatic carbocycles. The van der Waals surface area contributed by atoms with E-state index in [0.29, 0.717) is 32.1 Å². The first kappa shape index (κ1) is 22.4. The highest BCUT2D eigenvalue weighted by molar-refractivity contribution is 5.73. The topological polar surface area (TPSA) is 48.9 Å². The van der Waals surface area contributed by atoms with E-state index < -0.39 is 11.9 Å². The van der Waals surface area contributed by atoms with Crippen LogP contribution in [0, 0.1) is 11.8 Å². The number of aromatic nitrogens is 1. The Bertz CT molecular complexity index is 774. The standard InChI is InChI=1S/C21H27F3N4O2/c1-17(29)27-14-12-26(13-15-27)9-2-3-16-30-18-7-10-28(11-8-18)20-6-4-5-19(25-20)21(22,23)24/h4-6,18H,7-16H2,1H3. The van der Waals surface area contributed by atoms with Crippen LogP contribution in [0.5, 0.6) is 0 Å². The van der Waals surface area contributed by atoms with Gasteiger partial charge in [-0.1, -0.05) is 17.9 Å². The highest BCUT2D eigenvalue weighted by Crippen LogP contribution is 2.29. The van der Waals surface area contributed by atoms with Gasteiger partial charge in [-0.05, 0) is 25.0 Å². The van der Waals surface area contributed by atoms with Crippen molar-refractivity contribution in [1.29, 1.82) is 0 Å². The number of ether oxygens (including phenoxy) is 1. The van der Waals surface area contributed by atoms with Crippen LogP contribution in [0.15, 0.2) is 18.2 Å². The molecule has 2 fully saturated rings. The molecule has 1 aromatic heterocycles. The molecule has 1 aromatic rings. The summed E-state index contributed by atoms with van der Waals surface area (Å²) in [5.74, 6) is 6.62. The number of amides is 1. The molecule has 6 nitrogen and oxygen atoms in total. The predicted octanol–water partition coefficient (Wildman–Crippen LogP) is 2.25. The molecule has 0 N–H and O–H groups in total. The van der Waals surface area contributed by atoms with Crippen LogP contribution in [-0.2, 0) is 15.7 Å². The highest BCUT2D eigenvalue weighted by atomic mass is 19.4. The lowest BCUT2D eigenvalue weighted by atomic mass is 10.1. The maximum Gasteiger partial charge on any atom is 0.433 e. The first-order valence-electron chi connectivity index (χ1n) is 10.2. The van der Waals surface area contributed by atoms with Crippen LogP contribution in [-0.4, -0.2) is 79.2 Å². The minimum Gasteiger partial charge on any atom is -0.365 e. The second kappa shape index (κ2) is 10.1. The molecule has 0 radical (unpaired) electrons. The SMILES string of the molecule is CC(=O)N1CCN(CC#CCOC2CCN(c3cccc(C(F)(F)F)n3)CC2)CC1. The lowest BCUT2D eigenvalue weighted by Gasteiger charge is -2.33. The number of halogens is 3. The van der Waals surface area contributed by atoms with Crippen LogP contribution in [0.25, 0.3) is 0 Å². The predicted molar refractivity (Wildman–Crippen MR) is 107 cm³/mol. The average Bonchev–Trinajstić information content (AvgIpc) is 2.74. The first-order chi connectivity index (χ1) is 14.3. The van der Waals surface area contributed by atoms with Crippen molar-refractivity contribution in [3.63, 3.8) is 0 Å². The number of piperidine rings is 1. The summed E-state index contributed by atoms with van der Waals surface area (Å²) < 4.78 is 44.3. The number of anilines is 1. The monoisotopic (exact) mass is 424 g/mol. The molecule has 0 unspecified atom stereocenters. The summed E-state index contributed by atoms with van der Waals surface area (Å²) in [5, 5.41) is 0. The molecule has 0 atom stereocenters. The van der Waals surface area contributed by atoms with Crippen LogP contribution in [0.2, 0.25) is 0 Å². The zero-order valence-corrected chi connectivity index (χ0v) is 17.1. The van der Waals surface area contributed by atoms with Crippen molar-refractivity contribution in [2.75, 3.05) is 57.3 Å². The third kappa shape index (κ3) is 6.34. The summed E-state index contributed by atoms with van der Waals surface area (Å²) in [6, 6.07) is 3.99. The van der Waals surface area contributed by atoms with Crippen LogP contribution in [0.4, 0.5) is 19.0 Å². The van der Waals surface area contributed by atoms with Gasteiger partial charge in [0.2, 0.25) is 5.91 Å². The number of nitrogens with zero attached hydrogens (tertiary/aromatic N) is 4. The number of rotatable bonds is 4. The molecule has 2 aliphatic heterocycles. The molecule has 30 heavy (non-hydrogen) atoms. The number of hydrogen-bond acceptors (Lipinski definition) is 5. The van der Waals surface area contributed by atoms with Crippen LogP contribution < -0.4 is 4.90 Å². The van der Waals surface area contributed by atoms with Crippen molar-refractivity contribution >= 4 is 11.7 Å². The normalized spacial score (nSPS) is 18.8. The fraction of sp³-hybridized carbons (Fsp3) is 0.619. The van der Waals surface area contributed by atoms with E-state index in [1.165, 1.54) is 6.07 Å². The van der Waals surface area contributed by atoms with Crippen molar-refractivity contribution in [2.24, 2.45) is 0 Å². The summed E-state index contributed by atoms with van der Waals surface area (Å²) in [6.45, 7) is 6.95. The van der Waals surface area contributed by atoms with E-state index in [0.717, 1.165) is 45.1 Å². The Morgan fingerprint density at radius 2 is 1.83 bits per heavy atom. The maximum atomic E-state index is 12.8. The van der Waals surface area contributed by atoms with E-state index in [1.807, 2.05) is 9.80 Å². The van der Waals surface area contributed by atoms with Gasteiger partial charge in [-0.15, -0.1) is 0 Å². The zero-order valence-electron chi connectivity index (χ0n) is 17.1. The van der Waals surface area contributed by atoms with Gasteiger partial charge in [0.05, 0.1) is 12.6 Å². The van der Waals surface area contributed by atoms with Gasteiger partial charge in [0, 0.05) is 46.2 Å². The van der Waals surface area contributed by atoms with Gasteiger partial charge < -0.3 is 14.5 Å². The summed E-state index contributed by atoms with van der Waals surface area (Å²) in [4.78, 5) is 21.0. The third-order valence-electron chi connectivity index (χ3n) is 5.43. The number of carbonyl (C=O) groups excluding carboxylic acids is 1. The zero-order chi connectivity index (χ0) is 21.6. The molecule has 0 spiro atoms. The lowest BCUT2D eigenvalue weighted by Crippen LogP contribution is -2.47. The number of alkyl halides is 3. The second-order valence-corrected chi connectivity index (χ2v) is 7.51. The number of hydrogen-bond donors (Lipinski definition) is 0. The van der Waals surface area contributed by atoms with Gasteiger partial charge in [-0.25, -0.2) is 4.98 Å². The Labute approximate surface area is 175 Å². The molecule has 0 aliphatic carbocycles. The van der Waals surface area contributed by atoms with Crippen molar-refractivity contribution in [3.8, 4) is 11.8 Å². The fourth-order valence-electron chi connectivity index (χ4n) is 3.61. The van der Waals surface area contributed by atoms with Crippen molar-refractivity contribution in [1.82, 2.24) is 14.8 Å². The minimum absolute atomic E-state index is 0.0560. The molecule has 2 aliphatic rings. The maximum absolute atomic E-state index is 12.8. The molecular formula is C21H27F3N4O2. The van der Waals surface area contributed by atoms with E-state index in [1.54, 1.807) is 13.0 Å². The Morgan fingerprint density at radius 1 is 1.13 bits per heavy atom. The molecule has 0 saturated carbocycles. The van der Waals surface area contributed by atoms with Crippen molar-refractivity contribution < 1.29 is 22.7 Å². The molecule has 3 rings (SSSR count). The van der Waals surface area contributed by atoms with Gasteiger partial charge in [-0.3, -0.25) is 9.69 Å². The quantitative estimate of drug-likeness (QED) is 0.694. The van der Waals surface area contributed by atoms with Gasteiger partial charge in [0.1, 0.15) is 18.1 Å².